The van der Waals surface area contributed by atoms with Crippen LogP contribution in [0.5, 0.6) is 0 Å². The van der Waals surface area contributed by atoms with Crippen LogP contribution in [0.15, 0.2) is 22.7 Å². The number of halogens is 1. The number of anilines is 1. The van der Waals surface area contributed by atoms with Crippen molar-refractivity contribution in [2.75, 3.05) is 5.73 Å². The first-order chi connectivity index (χ1) is 7.74. The Balaban J connectivity index is 1.97. The first kappa shape index (κ1) is 9.33. The van der Waals surface area contributed by atoms with Crippen LogP contribution in [0.25, 0.3) is 11.5 Å². The van der Waals surface area contributed by atoms with Gasteiger partial charge in [0, 0.05) is 11.5 Å². The lowest BCUT2D eigenvalue weighted by Crippen LogP contribution is -1.90. The van der Waals surface area contributed by atoms with Gasteiger partial charge in [0.1, 0.15) is 5.82 Å². The highest BCUT2D eigenvalue weighted by Gasteiger charge is 2.29. The molecule has 1 aromatic carbocycles. The highest BCUT2D eigenvalue weighted by molar-refractivity contribution is 5.57. The summed E-state index contributed by atoms with van der Waals surface area (Å²) in [6, 6.07) is 4.47. The highest BCUT2D eigenvalue weighted by Crippen LogP contribution is 2.38. The van der Waals surface area contributed by atoms with E-state index in [4.69, 9.17) is 10.3 Å². The molecular weight excluding hydrogens is 209 g/mol. The van der Waals surface area contributed by atoms with E-state index < -0.39 is 5.82 Å². The van der Waals surface area contributed by atoms with Gasteiger partial charge in [0.15, 0.2) is 5.82 Å². The van der Waals surface area contributed by atoms with Gasteiger partial charge in [-0.1, -0.05) is 5.16 Å². The molecule has 16 heavy (non-hydrogen) atoms. The fraction of sp³-hybridized carbons (Fsp3) is 0.273. The third-order valence-electron chi connectivity index (χ3n) is 2.63. The van der Waals surface area contributed by atoms with Crippen molar-refractivity contribution in [2.24, 2.45) is 0 Å². The number of benzene rings is 1. The molecule has 82 valence electrons. The number of hydrogen-bond donors (Lipinski definition) is 1. The first-order valence-electron chi connectivity index (χ1n) is 5.13. The van der Waals surface area contributed by atoms with Gasteiger partial charge in [0.25, 0.3) is 5.89 Å². The Kier molecular flexibility index (Phi) is 1.92. The smallest absolute Gasteiger partial charge is 0.258 e. The molecule has 5 heteroatoms. The second kappa shape index (κ2) is 3.30. The van der Waals surface area contributed by atoms with Crippen molar-refractivity contribution in [1.82, 2.24) is 10.1 Å². The number of aromatic nitrogens is 2. The fourth-order valence-corrected chi connectivity index (χ4v) is 1.52. The molecule has 0 saturated heterocycles. The van der Waals surface area contributed by atoms with E-state index in [2.05, 4.69) is 10.1 Å². The van der Waals surface area contributed by atoms with Gasteiger partial charge in [-0.2, -0.15) is 4.98 Å². The highest BCUT2D eigenvalue weighted by atomic mass is 19.1. The van der Waals surface area contributed by atoms with Gasteiger partial charge in [-0.05, 0) is 31.0 Å². The van der Waals surface area contributed by atoms with Crippen LogP contribution in [0.2, 0.25) is 0 Å². The maximum Gasteiger partial charge on any atom is 0.258 e. The second-order valence-corrected chi connectivity index (χ2v) is 3.97. The second-order valence-electron chi connectivity index (χ2n) is 3.97. The third kappa shape index (κ3) is 1.54. The van der Waals surface area contributed by atoms with Crippen LogP contribution in [0, 0.1) is 5.82 Å². The van der Waals surface area contributed by atoms with E-state index >= 15 is 0 Å². The monoisotopic (exact) mass is 219 g/mol. The molecule has 0 spiro atoms. The molecule has 0 atom stereocenters. The molecule has 1 aliphatic carbocycles. The quantitative estimate of drug-likeness (QED) is 0.787. The Hall–Kier alpha value is -1.91. The predicted octanol–water partition coefficient (Wildman–Crippen LogP) is 2.34. The Labute approximate surface area is 91.3 Å². The largest absolute Gasteiger partial charge is 0.396 e. The Bertz CT molecular complexity index is 534. The maximum atomic E-state index is 13.2. The van der Waals surface area contributed by atoms with E-state index in [0.717, 1.165) is 12.8 Å². The van der Waals surface area contributed by atoms with Crippen molar-refractivity contribution < 1.29 is 8.91 Å². The van der Waals surface area contributed by atoms with Crippen LogP contribution in [0.4, 0.5) is 10.1 Å². The molecule has 4 nitrogen and oxygen atoms in total. The SMILES string of the molecule is Nc1ccc(-c2nc(C3CC3)no2)cc1F. The lowest BCUT2D eigenvalue weighted by molar-refractivity contribution is 0.422. The van der Waals surface area contributed by atoms with E-state index in [1.165, 1.54) is 12.1 Å². The molecule has 2 N–H and O–H groups in total. The molecule has 0 radical (unpaired) electrons. The third-order valence-corrected chi connectivity index (χ3v) is 2.63. The molecule has 1 heterocycles. The average Bonchev–Trinajstić information content (AvgIpc) is 3.01. The van der Waals surface area contributed by atoms with E-state index in [1.54, 1.807) is 6.07 Å². The molecule has 3 rings (SSSR count). The molecule has 0 aliphatic heterocycles. The summed E-state index contributed by atoms with van der Waals surface area (Å²) in [6.07, 6.45) is 2.21. The van der Waals surface area contributed by atoms with Gasteiger partial charge in [-0.15, -0.1) is 0 Å². The summed E-state index contributed by atoms with van der Waals surface area (Å²) in [4.78, 5) is 4.23. The average molecular weight is 219 g/mol. The van der Waals surface area contributed by atoms with Gasteiger partial charge < -0.3 is 10.3 Å². The number of nitrogens with zero attached hydrogens (tertiary/aromatic N) is 2. The van der Waals surface area contributed by atoms with Gasteiger partial charge in [-0.25, -0.2) is 4.39 Å². The molecule has 1 fully saturated rings. The minimum Gasteiger partial charge on any atom is -0.396 e. The number of hydrogen-bond acceptors (Lipinski definition) is 4. The predicted molar refractivity (Wildman–Crippen MR) is 56.1 cm³/mol. The summed E-state index contributed by atoms with van der Waals surface area (Å²) in [5.41, 5.74) is 6.07. The van der Waals surface area contributed by atoms with E-state index in [-0.39, 0.29) is 5.69 Å². The van der Waals surface area contributed by atoms with Crippen LogP contribution in [-0.2, 0) is 0 Å². The molecule has 1 aromatic heterocycles. The summed E-state index contributed by atoms with van der Waals surface area (Å²) < 4.78 is 18.3. The standard InChI is InChI=1S/C11H10FN3O/c12-8-5-7(3-4-9(8)13)11-14-10(15-16-11)6-1-2-6/h3-6H,1-2,13H2. The van der Waals surface area contributed by atoms with Crippen molar-refractivity contribution in [3.8, 4) is 11.5 Å². The zero-order valence-electron chi connectivity index (χ0n) is 8.48. The van der Waals surface area contributed by atoms with E-state index in [9.17, 15) is 4.39 Å². The van der Waals surface area contributed by atoms with Crippen molar-refractivity contribution >= 4 is 5.69 Å². The van der Waals surface area contributed by atoms with Crippen molar-refractivity contribution in [3.63, 3.8) is 0 Å². The van der Waals surface area contributed by atoms with Crippen LogP contribution in [0.1, 0.15) is 24.6 Å². The lowest BCUT2D eigenvalue weighted by Gasteiger charge is -1.97. The summed E-state index contributed by atoms with van der Waals surface area (Å²) in [5, 5.41) is 3.87. The summed E-state index contributed by atoms with van der Waals surface area (Å²) in [5.74, 6) is 1.02. The van der Waals surface area contributed by atoms with E-state index in [0.29, 0.717) is 23.2 Å². The van der Waals surface area contributed by atoms with Crippen LogP contribution in [-0.4, -0.2) is 10.1 Å². The Morgan fingerprint density at radius 3 is 2.88 bits per heavy atom. The summed E-state index contributed by atoms with van der Waals surface area (Å²) in [6.45, 7) is 0. The number of nitrogens with two attached hydrogens (primary N) is 1. The van der Waals surface area contributed by atoms with Crippen LogP contribution in [0.3, 0.4) is 0 Å². The minimum atomic E-state index is -0.469. The molecular formula is C11H10FN3O. The minimum absolute atomic E-state index is 0.116. The van der Waals surface area contributed by atoms with Crippen LogP contribution < -0.4 is 5.73 Å². The zero-order chi connectivity index (χ0) is 11.1. The summed E-state index contributed by atoms with van der Waals surface area (Å²) in [7, 11) is 0. The molecule has 0 amide bonds. The van der Waals surface area contributed by atoms with Gasteiger partial charge in [0.05, 0.1) is 5.69 Å². The van der Waals surface area contributed by atoms with Gasteiger partial charge >= 0.3 is 0 Å². The van der Waals surface area contributed by atoms with Gasteiger partial charge in [0.2, 0.25) is 0 Å². The number of rotatable bonds is 2. The first-order valence-corrected chi connectivity index (χ1v) is 5.13. The van der Waals surface area contributed by atoms with Crippen molar-refractivity contribution in [2.45, 2.75) is 18.8 Å². The van der Waals surface area contributed by atoms with E-state index in [1.807, 2.05) is 0 Å². The lowest BCUT2D eigenvalue weighted by atomic mass is 10.2. The number of nitrogen functional groups attached to an aromatic ring is 1. The topological polar surface area (TPSA) is 64.9 Å². The molecule has 0 unspecified atom stereocenters. The van der Waals surface area contributed by atoms with Crippen molar-refractivity contribution in [3.05, 3.63) is 29.8 Å². The molecule has 1 saturated carbocycles. The van der Waals surface area contributed by atoms with Crippen molar-refractivity contribution in [1.29, 1.82) is 0 Å². The maximum absolute atomic E-state index is 13.2. The molecule has 0 bridgehead atoms. The Morgan fingerprint density at radius 1 is 1.38 bits per heavy atom. The molecule has 1 aliphatic rings. The molecule has 2 aromatic rings. The fourth-order valence-electron chi connectivity index (χ4n) is 1.52. The van der Waals surface area contributed by atoms with Gasteiger partial charge in [-0.3, -0.25) is 0 Å². The Morgan fingerprint density at radius 2 is 2.19 bits per heavy atom. The summed E-state index contributed by atoms with van der Waals surface area (Å²) >= 11 is 0. The van der Waals surface area contributed by atoms with Crippen LogP contribution >= 0.6 is 0 Å². The zero-order valence-corrected chi connectivity index (χ0v) is 8.48. The normalized spacial score (nSPS) is 15.3.